The highest BCUT2D eigenvalue weighted by Crippen LogP contribution is 2.49. The predicted octanol–water partition coefficient (Wildman–Crippen LogP) is 3.12. The second-order valence-electron chi connectivity index (χ2n) is 9.12. The Labute approximate surface area is 188 Å². The van der Waals surface area contributed by atoms with Gasteiger partial charge in [-0.05, 0) is 49.3 Å². The number of hydrogen-bond donors (Lipinski definition) is 1. The Bertz CT molecular complexity index is 1040. The molecule has 0 aliphatic carbocycles. The summed E-state index contributed by atoms with van der Waals surface area (Å²) >= 11 is 0. The van der Waals surface area contributed by atoms with E-state index in [1.54, 1.807) is 4.90 Å². The van der Waals surface area contributed by atoms with E-state index in [9.17, 15) is 14.4 Å². The van der Waals surface area contributed by atoms with Crippen molar-refractivity contribution < 1.29 is 14.4 Å². The lowest BCUT2D eigenvalue weighted by atomic mass is 9.73. The summed E-state index contributed by atoms with van der Waals surface area (Å²) in [7, 11) is 0. The maximum Gasteiger partial charge on any atom is 0.242 e. The van der Waals surface area contributed by atoms with Crippen LogP contribution in [0.4, 0.5) is 5.69 Å². The minimum atomic E-state index is -0.729. The lowest BCUT2D eigenvalue weighted by molar-refractivity contribution is -0.143. The Morgan fingerprint density at radius 1 is 1.00 bits per heavy atom. The number of benzene rings is 2. The number of piperidine rings is 1. The minimum Gasteiger partial charge on any atom is -0.337 e. The summed E-state index contributed by atoms with van der Waals surface area (Å²) in [5.41, 5.74) is 2.31. The lowest BCUT2D eigenvalue weighted by Crippen LogP contribution is -2.52. The molecule has 2 saturated heterocycles. The average molecular weight is 432 g/mol. The molecule has 166 valence electrons. The number of aryl methyl sites for hydroxylation is 1. The number of amides is 3. The molecule has 6 nitrogen and oxygen atoms in total. The van der Waals surface area contributed by atoms with Crippen LogP contribution >= 0.6 is 0 Å². The van der Waals surface area contributed by atoms with Gasteiger partial charge >= 0.3 is 0 Å². The maximum absolute atomic E-state index is 13.4. The number of rotatable bonds is 5. The summed E-state index contributed by atoms with van der Waals surface area (Å²) in [4.78, 5) is 42.7. The zero-order valence-corrected chi connectivity index (χ0v) is 18.3. The molecular formula is C26H29N3O3. The first-order chi connectivity index (χ1) is 15.6. The van der Waals surface area contributed by atoms with Crippen molar-refractivity contribution >= 4 is 23.4 Å². The molecule has 3 amide bonds. The number of nitrogens with one attached hydrogen (secondary N) is 1. The van der Waals surface area contributed by atoms with Gasteiger partial charge in [-0.1, -0.05) is 48.5 Å². The van der Waals surface area contributed by atoms with Gasteiger partial charge in [0.2, 0.25) is 17.7 Å². The Balaban J connectivity index is 1.44. The second kappa shape index (κ2) is 8.41. The molecule has 0 unspecified atom stereocenters. The first-order valence-corrected chi connectivity index (χ1v) is 11.6. The van der Waals surface area contributed by atoms with Crippen LogP contribution < -0.4 is 5.32 Å². The third kappa shape index (κ3) is 3.48. The molecule has 0 aromatic heterocycles. The summed E-state index contributed by atoms with van der Waals surface area (Å²) in [5, 5.41) is 3.06. The lowest BCUT2D eigenvalue weighted by Gasteiger charge is -2.35. The SMILES string of the molecule is O=C1CCCCN1CC(=O)N1CC[C@@]2(C(=O)Nc3ccccc32)[C@@H]1CCc1ccccc1. The molecule has 3 heterocycles. The predicted molar refractivity (Wildman–Crippen MR) is 122 cm³/mol. The fourth-order valence-corrected chi connectivity index (χ4v) is 5.73. The van der Waals surface area contributed by atoms with Gasteiger partial charge in [-0.2, -0.15) is 0 Å². The number of likely N-dealkylation sites (tertiary alicyclic amines) is 2. The van der Waals surface area contributed by atoms with Crippen molar-refractivity contribution in [3.05, 3.63) is 65.7 Å². The normalized spacial score (nSPS) is 24.7. The van der Waals surface area contributed by atoms with Gasteiger partial charge in [-0.15, -0.1) is 0 Å². The van der Waals surface area contributed by atoms with Crippen LogP contribution in [0.1, 0.15) is 43.2 Å². The Hall–Kier alpha value is -3.15. The van der Waals surface area contributed by atoms with Gasteiger partial charge in [0.15, 0.2) is 0 Å². The van der Waals surface area contributed by atoms with Crippen LogP contribution in [0.25, 0.3) is 0 Å². The molecule has 5 rings (SSSR count). The van der Waals surface area contributed by atoms with E-state index in [0.29, 0.717) is 32.4 Å². The first-order valence-electron chi connectivity index (χ1n) is 11.6. The fraction of sp³-hybridized carbons (Fsp3) is 0.423. The molecule has 1 N–H and O–H groups in total. The highest BCUT2D eigenvalue weighted by molar-refractivity contribution is 6.07. The molecule has 2 atom stereocenters. The van der Waals surface area contributed by atoms with Crippen LogP contribution in [-0.2, 0) is 26.2 Å². The molecule has 3 aliphatic heterocycles. The van der Waals surface area contributed by atoms with Crippen LogP contribution in [-0.4, -0.2) is 53.2 Å². The number of carbonyl (C=O) groups excluding carboxylic acids is 3. The van der Waals surface area contributed by atoms with Crippen LogP contribution in [0, 0.1) is 0 Å². The number of hydrogen-bond acceptors (Lipinski definition) is 3. The van der Waals surface area contributed by atoms with Crippen LogP contribution in [0.3, 0.4) is 0 Å². The van der Waals surface area contributed by atoms with Crippen molar-refractivity contribution in [3.63, 3.8) is 0 Å². The van der Waals surface area contributed by atoms with E-state index in [0.717, 1.165) is 30.5 Å². The topological polar surface area (TPSA) is 69.7 Å². The van der Waals surface area contributed by atoms with E-state index >= 15 is 0 Å². The number of para-hydroxylation sites is 1. The second-order valence-corrected chi connectivity index (χ2v) is 9.12. The van der Waals surface area contributed by atoms with E-state index in [1.807, 2.05) is 47.4 Å². The summed E-state index contributed by atoms with van der Waals surface area (Å²) in [6.45, 7) is 1.28. The largest absolute Gasteiger partial charge is 0.337 e. The Morgan fingerprint density at radius 2 is 1.78 bits per heavy atom. The molecule has 3 aliphatic rings. The average Bonchev–Trinajstić information content (AvgIpc) is 3.33. The van der Waals surface area contributed by atoms with E-state index in [2.05, 4.69) is 17.4 Å². The molecule has 6 heteroatoms. The van der Waals surface area contributed by atoms with Crippen molar-refractivity contribution in [2.45, 2.75) is 50.0 Å². The van der Waals surface area contributed by atoms with Gasteiger partial charge in [0, 0.05) is 25.2 Å². The van der Waals surface area contributed by atoms with E-state index in [4.69, 9.17) is 0 Å². The van der Waals surface area contributed by atoms with Crippen LogP contribution in [0.5, 0.6) is 0 Å². The summed E-state index contributed by atoms with van der Waals surface area (Å²) in [5.74, 6) is -0.00298. The molecule has 0 radical (unpaired) electrons. The summed E-state index contributed by atoms with van der Waals surface area (Å²) in [6, 6.07) is 17.8. The van der Waals surface area contributed by atoms with Gasteiger partial charge in [0.05, 0.1) is 18.0 Å². The standard InChI is InChI=1S/C26H29N3O3/c30-23-12-6-7-16-28(23)18-24(31)29-17-15-26(20-10-4-5-11-21(20)27-25(26)32)22(29)14-13-19-8-2-1-3-9-19/h1-5,8-11,22H,6-7,12-18H2,(H,27,32)/t22-,26-/m0/s1. The maximum atomic E-state index is 13.4. The van der Waals surface area contributed by atoms with E-state index < -0.39 is 5.41 Å². The van der Waals surface area contributed by atoms with Crippen molar-refractivity contribution in [2.75, 3.05) is 25.0 Å². The van der Waals surface area contributed by atoms with E-state index in [-0.39, 0.29) is 30.3 Å². The molecule has 2 fully saturated rings. The fourth-order valence-electron chi connectivity index (χ4n) is 5.73. The number of carbonyl (C=O) groups is 3. The summed E-state index contributed by atoms with van der Waals surface area (Å²) in [6.07, 6.45) is 4.45. The van der Waals surface area contributed by atoms with Gasteiger partial charge in [0.1, 0.15) is 0 Å². The van der Waals surface area contributed by atoms with Crippen molar-refractivity contribution in [1.82, 2.24) is 9.80 Å². The first kappa shape index (κ1) is 20.7. The molecule has 32 heavy (non-hydrogen) atoms. The molecule has 0 saturated carbocycles. The molecule has 1 spiro atoms. The van der Waals surface area contributed by atoms with Crippen molar-refractivity contribution in [2.24, 2.45) is 0 Å². The zero-order valence-electron chi connectivity index (χ0n) is 18.3. The van der Waals surface area contributed by atoms with Gasteiger partial charge in [0.25, 0.3) is 0 Å². The monoisotopic (exact) mass is 431 g/mol. The van der Waals surface area contributed by atoms with Crippen molar-refractivity contribution in [3.8, 4) is 0 Å². The zero-order chi connectivity index (χ0) is 22.1. The highest BCUT2D eigenvalue weighted by Gasteiger charge is 2.58. The summed E-state index contributed by atoms with van der Waals surface area (Å²) < 4.78 is 0. The number of nitrogens with zero attached hydrogens (tertiary/aromatic N) is 2. The van der Waals surface area contributed by atoms with Crippen LogP contribution in [0.2, 0.25) is 0 Å². The smallest absolute Gasteiger partial charge is 0.242 e. The molecule has 2 aromatic carbocycles. The van der Waals surface area contributed by atoms with Gasteiger partial charge in [-0.25, -0.2) is 0 Å². The molecule has 0 bridgehead atoms. The Morgan fingerprint density at radius 3 is 2.59 bits per heavy atom. The van der Waals surface area contributed by atoms with Crippen molar-refractivity contribution in [1.29, 1.82) is 0 Å². The van der Waals surface area contributed by atoms with Gasteiger partial charge in [-0.3, -0.25) is 14.4 Å². The van der Waals surface area contributed by atoms with Gasteiger partial charge < -0.3 is 15.1 Å². The molecular weight excluding hydrogens is 402 g/mol. The van der Waals surface area contributed by atoms with Crippen LogP contribution in [0.15, 0.2) is 54.6 Å². The third-order valence-corrected chi connectivity index (χ3v) is 7.37. The number of anilines is 1. The quantitative estimate of drug-likeness (QED) is 0.791. The number of fused-ring (bicyclic) bond motifs is 2. The third-order valence-electron chi connectivity index (χ3n) is 7.37. The highest BCUT2D eigenvalue weighted by atomic mass is 16.2. The minimum absolute atomic E-state index is 0.0129. The van der Waals surface area contributed by atoms with E-state index in [1.165, 1.54) is 5.56 Å². The Kier molecular flexibility index (Phi) is 5.45. The molecule has 2 aromatic rings.